The van der Waals surface area contributed by atoms with Gasteiger partial charge in [-0.2, -0.15) is 0 Å². The largest absolute Gasteiger partial charge is 0.457 e. The molecule has 0 heterocycles. The van der Waals surface area contributed by atoms with Crippen molar-refractivity contribution in [2.75, 3.05) is 4.90 Å². The third-order valence-corrected chi connectivity index (χ3v) is 10.4. The molecule has 0 bridgehead atoms. The van der Waals surface area contributed by atoms with Crippen molar-refractivity contribution in [3.05, 3.63) is 198 Å². The summed E-state index contributed by atoms with van der Waals surface area (Å²) in [6.45, 7) is 4.68. The molecule has 0 aromatic heterocycles. The number of benzene rings is 7. The first kappa shape index (κ1) is 32.1. The molecule has 2 nitrogen and oxygen atoms in total. The van der Waals surface area contributed by atoms with Gasteiger partial charge in [0, 0.05) is 22.5 Å². The summed E-state index contributed by atoms with van der Waals surface area (Å²) in [4.78, 5) is 2.37. The lowest BCUT2D eigenvalue weighted by Gasteiger charge is -2.32. The van der Waals surface area contributed by atoms with Crippen LogP contribution in [0, 0.1) is 0 Å². The van der Waals surface area contributed by atoms with E-state index in [2.05, 4.69) is 164 Å². The molecule has 7 aromatic rings. The highest BCUT2D eigenvalue weighted by atomic mass is 16.5. The van der Waals surface area contributed by atoms with Crippen molar-refractivity contribution >= 4 is 29.2 Å². The summed E-state index contributed by atoms with van der Waals surface area (Å²) in [5.74, 6) is 1.67. The zero-order valence-corrected chi connectivity index (χ0v) is 29.2. The number of para-hydroxylation sites is 3. The summed E-state index contributed by atoms with van der Waals surface area (Å²) in [7, 11) is 0. The van der Waals surface area contributed by atoms with Crippen molar-refractivity contribution in [2.45, 2.75) is 32.1 Å². The standard InChI is InChI=1S/C49H41NO/c1-3-49(4-2)47-34-37(21-20-36-22-25-38(26-23-36)39-27-30-44(31-28-39)51-43-18-12-7-13-19-43)24-32-45(47)46-33-29-42(35-48(46)49)50(40-14-8-5-9-15-40)41-16-10-6-11-17-41/h5-35H,3-4H2,1-2H3/b21-20+. The highest BCUT2D eigenvalue weighted by molar-refractivity contribution is 5.87. The molecule has 7 aromatic carbocycles. The van der Waals surface area contributed by atoms with Crippen LogP contribution in [0.25, 0.3) is 34.4 Å². The fourth-order valence-electron chi connectivity index (χ4n) is 7.68. The van der Waals surface area contributed by atoms with Crippen molar-refractivity contribution in [1.29, 1.82) is 0 Å². The van der Waals surface area contributed by atoms with E-state index in [0.29, 0.717) is 0 Å². The van der Waals surface area contributed by atoms with E-state index in [1.165, 1.54) is 50.2 Å². The molecule has 0 atom stereocenters. The summed E-state index contributed by atoms with van der Waals surface area (Å²) < 4.78 is 5.97. The Hall–Kier alpha value is -6.12. The van der Waals surface area contributed by atoms with Gasteiger partial charge in [0.1, 0.15) is 11.5 Å². The van der Waals surface area contributed by atoms with Crippen molar-refractivity contribution < 1.29 is 4.74 Å². The Bertz CT molecular complexity index is 2230. The van der Waals surface area contributed by atoms with E-state index >= 15 is 0 Å². The van der Waals surface area contributed by atoms with Crippen LogP contribution >= 0.6 is 0 Å². The van der Waals surface area contributed by atoms with Crippen LogP contribution in [0.5, 0.6) is 11.5 Å². The number of hydrogen-bond acceptors (Lipinski definition) is 2. The van der Waals surface area contributed by atoms with E-state index in [1.807, 2.05) is 42.5 Å². The fraction of sp³-hybridized carbons (Fsp3) is 0.102. The van der Waals surface area contributed by atoms with E-state index in [0.717, 1.165) is 35.7 Å². The Balaban J connectivity index is 1.05. The normalized spacial score (nSPS) is 12.7. The van der Waals surface area contributed by atoms with Crippen LogP contribution in [0.15, 0.2) is 176 Å². The van der Waals surface area contributed by atoms with Crippen LogP contribution in [-0.2, 0) is 5.41 Å². The zero-order chi connectivity index (χ0) is 34.6. The molecular weight excluding hydrogens is 619 g/mol. The molecule has 0 N–H and O–H groups in total. The minimum atomic E-state index is -0.0487. The van der Waals surface area contributed by atoms with Gasteiger partial charge in [-0.25, -0.2) is 0 Å². The maximum Gasteiger partial charge on any atom is 0.127 e. The lowest BCUT2D eigenvalue weighted by atomic mass is 9.73. The van der Waals surface area contributed by atoms with E-state index in [1.54, 1.807) is 0 Å². The molecule has 0 spiro atoms. The highest BCUT2D eigenvalue weighted by Crippen LogP contribution is 2.54. The predicted molar refractivity (Wildman–Crippen MR) is 215 cm³/mol. The van der Waals surface area contributed by atoms with Gasteiger partial charge in [0.2, 0.25) is 0 Å². The zero-order valence-electron chi connectivity index (χ0n) is 29.2. The van der Waals surface area contributed by atoms with E-state index < -0.39 is 0 Å². The second-order valence-corrected chi connectivity index (χ2v) is 13.2. The van der Waals surface area contributed by atoms with Crippen LogP contribution in [0.1, 0.15) is 48.9 Å². The smallest absolute Gasteiger partial charge is 0.127 e. The van der Waals surface area contributed by atoms with Gasteiger partial charge < -0.3 is 9.64 Å². The average molecular weight is 660 g/mol. The molecule has 248 valence electrons. The molecule has 0 fully saturated rings. The fourth-order valence-corrected chi connectivity index (χ4v) is 7.68. The summed E-state index contributed by atoms with van der Waals surface area (Å²) >= 11 is 0. The first-order chi connectivity index (χ1) is 25.1. The number of rotatable bonds is 10. The molecule has 0 aliphatic heterocycles. The highest BCUT2D eigenvalue weighted by Gasteiger charge is 2.41. The van der Waals surface area contributed by atoms with Gasteiger partial charge in [-0.15, -0.1) is 0 Å². The summed E-state index contributed by atoms with van der Waals surface area (Å²) in [5, 5.41) is 0. The molecular formula is C49H41NO. The first-order valence-corrected chi connectivity index (χ1v) is 18.0. The Morgan fingerprint density at radius 1 is 0.451 bits per heavy atom. The van der Waals surface area contributed by atoms with Gasteiger partial charge in [0.05, 0.1) is 0 Å². The molecule has 8 rings (SSSR count). The van der Waals surface area contributed by atoms with Gasteiger partial charge in [-0.05, 0) is 118 Å². The van der Waals surface area contributed by atoms with Gasteiger partial charge in [-0.1, -0.05) is 141 Å². The minimum absolute atomic E-state index is 0.0487. The maximum atomic E-state index is 5.97. The summed E-state index contributed by atoms with van der Waals surface area (Å²) in [6, 6.07) is 62.4. The summed E-state index contributed by atoms with van der Waals surface area (Å²) in [5.41, 5.74) is 13.8. The predicted octanol–water partition coefficient (Wildman–Crippen LogP) is 13.9. The van der Waals surface area contributed by atoms with Crippen LogP contribution in [0.2, 0.25) is 0 Å². The first-order valence-electron chi connectivity index (χ1n) is 18.0. The Morgan fingerprint density at radius 3 is 1.51 bits per heavy atom. The summed E-state index contributed by atoms with van der Waals surface area (Å²) in [6.07, 6.45) is 6.55. The molecule has 0 saturated heterocycles. The van der Waals surface area contributed by atoms with E-state index in [4.69, 9.17) is 4.74 Å². The van der Waals surface area contributed by atoms with Crippen molar-refractivity contribution in [3.8, 4) is 33.8 Å². The molecule has 2 heteroatoms. The van der Waals surface area contributed by atoms with Gasteiger partial charge in [0.15, 0.2) is 0 Å². The molecule has 0 saturated carbocycles. The number of nitrogens with zero attached hydrogens (tertiary/aromatic N) is 1. The quantitative estimate of drug-likeness (QED) is 0.136. The third-order valence-electron chi connectivity index (χ3n) is 10.4. The average Bonchev–Trinajstić information content (AvgIpc) is 3.47. The molecule has 0 amide bonds. The lowest BCUT2D eigenvalue weighted by molar-refractivity contribution is 0.483. The van der Waals surface area contributed by atoms with Crippen LogP contribution in [0.4, 0.5) is 17.1 Å². The van der Waals surface area contributed by atoms with Crippen LogP contribution in [0.3, 0.4) is 0 Å². The number of anilines is 3. The van der Waals surface area contributed by atoms with E-state index in [-0.39, 0.29) is 5.41 Å². The minimum Gasteiger partial charge on any atom is -0.457 e. The third kappa shape index (κ3) is 6.26. The molecule has 1 aliphatic carbocycles. The number of hydrogen-bond donors (Lipinski definition) is 0. The van der Waals surface area contributed by atoms with Crippen LogP contribution in [-0.4, -0.2) is 0 Å². The van der Waals surface area contributed by atoms with Crippen LogP contribution < -0.4 is 9.64 Å². The lowest BCUT2D eigenvalue weighted by Crippen LogP contribution is -2.23. The molecule has 0 unspecified atom stereocenters. The van der Waals surface area contributed by atoms with Crippen molar-refractivity contribution in [3.63, 3.8) is 0 Å². The SMILES string of the molecule is CCC1(CC)c2cc(/C=C/c3ccc(-c4ccc(Oc5ccccc5)cc4)cc3)ccc2-c2ccc(N(c3ccccc3)c3ccccc3)cc21. The Kier molecular flexibility index (Phi) is 8.82. The molecule has 0 radical (unpaired) electrons. The van der Waals surface area contributed by atoms with Gasteiger partial charge in [0.25, 0.3) is 0 Å². The second-order valence-electron chi connectivity index (χ2n) is 13.2. The number of fused-ring (bicyclic) bond motifs is 3. The topological polar surface area (TPSA) is 12.5 Å². The molecule has 51 heavy (non-hydrogen) atoms. The Morgan fingerprint density at radius 2 is 0.922 bits per heavy atom. The maximum absolute atomic E-state index is 5.97. The van der Waals surface area contributed by atoms with Gasteiger partial charge >= 0.3 is 0 Å². The molecule has 1 aliphatic rings. The van der Waals surface area contributed by atoms with E-state index in [9.17, 15) is 0 Å². The monoisotopic (exact) mass is 659 g/mol. The van der Waals surface area contributed by atoms with Crippen molar-refractivity contribution in [1.82, 2.24) is 0 Å². The second kappa shape index (κ2) is 14.0. The van der Waals surface area contributed by atoms with Crippen molar-refractivity contribution in [2.24, 2.45) is 0 Å². The number of ether oxygens (including phenoxy) is 1. The van der Waals surface area contributed by atoms with Gasteiger partial charge in [-0.3, -0.25) is 0 Å². The Labute approximate surface area is 302 Å².